The molecule has 0 unspecified atom stereocenters. The first-order valence-electron chi connectivity index (χ1n) is 8.21. The Morgan fingerprint density at radius 2 is 1.83 bits per heavy atom. The van der Waals surface area contributed by atoms with E-state index in [0.29, 0.717) is 11.7 Å². The monoisotopic (exact) mass is 344 g/mol. The molecule has 1 fully saturated rings. The van der Waals surface area contributed by atoms with E-state index < -0.39 is 0 Å². The van der Waals surface area contributed by atoms with Gasteiger partial charge in [-0.25, -0.2) is 9.37 Å². The third-order valence-corrected chi connectivity index (χ3v) is 4.30. The highest BCUT2D eigenvalue weighted by atomic mass is 32.1. The third-order valence-electron chi connectivity index (χ3n) is 4.05. The molecule has 1 saturated heterocycles. The van der Waals surface area contributed by atoms with E-state index in [1.807, 2.05) is 12.1 Å². The average Bonchev–Trinajstić information content (AvgIpc) is 2.63. The molecule has 0 spiro atoms. The van der Waals surface area contributed by atoms with Crippen molar-refractivity contribution in [2.45, 2.75) is 25.8 Å². The molecule has 0 amide bonds. The van der Waals surface area contributed by atoms with Crippen molar-refractivity contribution < 1.29 is 4.39 Å². The molecule has 4 nitrogen and oxygen atoms in total. The van der Waals surface area contributed by atoms with Gasteiger partial charge in [-0.05, 0) is 61.3 Å². The number of hydrogen-bond acceptors (Lipinski definition) is 3. The van der Waals surface area contributed by atoms with Crippen LogP contribution >= 0.6 is 12.2 Å². The normalized spacial score (nSPS) is 14.3. The Labute approximate surface area is 147 Å². The predicted octanol–water partition coefficient (Wildman–Crippen LogP) is 3.70. The molecule has 2 N–H and O–H groups in total. The van der Waals surface area contributed by atoms with Gasteiger partial charge >= 0.3 is 0 Å². The fraction of sp³-hybridized carbons (Fsp3) is 0.333. The number of anilines is 2. The number of thiocarbonyl (C=S) groups is 1. The fourth-order valence-electron chi connectivity index (χ4n) is 2.73. The van der Waals surface area contributed by atoms with Crippen LogP contribution in [0.3, 0.4) is 0 Å². The van der Waals surface area contributed by atoms with Crippen molar-refractivity contribution >= 4 is 28.8 Å². The van der Waals surface area contributed by atoms with Gasteiger partial charge in [-0.3, -0.25) is 0 Å². The van der Waals surface area contributed by atoms with Crippen molar-refractivity contribution in [1.29, 1.82) is 0 Å². The molecular formula is C18H21FN4S. The van der Waals surface area contributed by atoms with E-state index in [1.165, 1.54) is 31.4 Å². The van der Waals surface area contributed by atoms with E-state index in [0.717, 1.165) is 30.2 Å². The van der Waals surface area contributed by atoms with E-state index in [1.54, 1.807) is 18.3 Å². The lowest BCUT2D eigenvalue weighted by Crippen LogP contribution is -2.30. The summed E-state index contributed by atoms with van der Waals surface area (Å²) < 4.78 is 12.9. The van der Waals surface area contributed by atoms with Crippen LogP contribution in [0.15, 0.2) is 42.6 Å². The Hall–Kier alpha value is -2.21. The molecule has 0 saturated carbocycles. The Balaban J connectivity index is 1.49. The zero-order chi connectivity index (χ0) is 16.8. The summed E-state index contributed by atoms with van der Waals surface area (Å²) in [4.78, 5) is 6.84. The summed E-state index contributed by atoms with van der Waals surface area (Å²) >= 11 is 5.28. The van der Waals surface area contributed by atoms with E-state index in [9.17, 15) is 4.39 Å². The van der Waals surface area contributed by atoms with Crippen LogP contribution < -0.4 is 15.5 Å². The number of piperidine rings is 1. The number of hydrogen-bond donors (Lipinski definition) is 2. The van der Waals surface area contributed by atoms with Crippen LogP contribution in [0.2, 0.25) is 0 Å². The number of nitrogens with one attached hydrogen (secondary N) is 2. The Kier molecular flexibility index (Phi) is 5.59. The number of pyridine rings is 1. The average molecular weight is 344 g/mol. The van der Waals surface area contributed by atoms with E-state index in [2.05, 4.69) is 20.5 Å². The fourth-order valence-corrected chi connectivity index (χ4v) is 2.92. The molecular weight excluding hydrogens is 323 g/mol. The van der Waals surface area contributed by atoms with Gasteiger partial charge in [-0.15, -0.1) is 0 Å². The van der Waals surface area contributed by atoms with Crippen molar-refractivity contribution in [1.82, 2.24) is 10.3 Å². The standard InChI is InChI=1S/C18H21FN4S/c19-15-6-4-14(5-7-15)12-21-18(24)22-16-8-9-17(20-13-16)23-10-2-1-3-11-23/h4-9,13H,1-3,10-12H2,(H2,21,22,24). The number of nitrogens with zero attached hydrogens (tertiary/aromatic N) is 2. The minimum absolute atomic E-state index is 0.237. The van der Waals surface area contributed by atoms with Gasteiger partial charge in [0.2, 0.25) is 0 Å². The van der Waals surface area contributed by atoms with Crippen molar-refractivity contribution in [3.05, 3.63) is 54.0 Å². The van der Waals surface area contributed by atoms with Gasteiger partial charge in [-0.1, -0.05) is 12.1 Å². The van der Waals surface area contributed by atoms with Crippen molar-refractivity contribution in [3.63, 3.8) is 0 Å². The highest BCUT2D eigenvalue weighted by molar-refractivity contribution is 7.80. The van der Waals surface area contributed by atoms with Crippen molar-refractivity contribution in [3.8, 4) is 0 Å². The van der Waals surface area contributed by atoms with Gasteiger partial charge in [0.05, 0.1) is 11.9 Å². The molecule has 126 valence electrons. The van der Waals surface area contributed by atoms with Gasteiger partial charge in [0.15, 0.2) is 5.11 Å². The minimum Gasteiger partial charge on any atom is -0.358 e. The van der Waals surface area contributed by atoms with Crippen LogP contribution in [0.1, 0.15) is 24.8 Å². The summed E-state index contributed by atoms with van der Waals surface area (Å²) in [5.74, 6) is 0.782. The quantitative estimate of drug-likeness (QED) is 0.828. The molecule has 24 heavy (non-hydrogen) atoms. The third kappa shape index (κ3) is 4.64. The summed E-state index contributed by atoms with van der Waals surface area (Å²) in [5, 5.41) is 6.74. The molecule has 1 aromatic heterocycles. The maximum absolute atomic E-state index is 12.9. The molecule has 0 aliphatic carbocycles. The topological polar surface area (TPSA) is 40.2 Å². The lowest BCUT2D eigenvalue weighted by molar-refractivity contribution is 0.573. The van der Waals surface area contributed by atoms with Crippen LogP contribution in [0.25, 0.3) is 0 Å². The van der Waals surface area contributed by atoms with Crippen molar-refractivity contribution in [2.75, 3.05) is 23.3 Å². The predicted molar refractivity (Wildman–Crippen MR) is 99.8 cm³/mol. The van der Waals surface area contributed by atoms with Crippen LogP contribution in [0, 0.1) is 5.82 Å². The van der Waals surface area contributed by atoms with E-state index in [4.69, 9.17) is 12.2 Å². The molecule has 0 bridgehead atoms. The number of benzene rings is 1. The highest BCUT2D eigenvalue weighted by Gasteiger charge is 2.11. The zero-order valence-electron chi connectivity index (χ0n) is 13.5. The van der Waals surface area contributed by atoms with Gasteiger partial charge < -0.3 is 15.5 Å². The SMILES string of the molecule is Fc1ccc(CNC(=S)Nc2ccc(N3CCCCC3)nc2)cc1. The summed E-state index contributed by atoms with van der Waals surface area (Å²) in [6.07, 6.45) is 5.58. The first kappa shape index (κ1) is 16.6. The molecule has 2 aromatic rings. The maximum Gasteiger partial charge on any atom is 0.171 e. The molecule has 1 aliphatic rings. The van der Waals surface area contributed by atoms with Gasteiger partial charge in [0.1, 0.15) is 11.6 Å². The largest absolute Gasteiger partial charge is 0.358 e. The molecule has 0 atom stereocenters. The van der Waals surface area contributed by atoms with E-state index >= 15 is 0 Å². The van der Waals surface area contributed by atoms with Crippen LogP contribution in [0.4, 0.5) is 15.9 Å². The van der Waals surface area contributed by atoms with Crippen molar-refractivity contribution in [2.24, 2.45) is 0 Å². The first-order valence-corrected chi connectivity index (χ1v) is 8.62. The summed E-state index contributed by atoms with van der Waals surface area (Å²) in [6, 6.07) is 10.4. The first-order chi connectivity index (χ1) is 11.7. The summed E-state index contributed by atoms with van der Waals surface area (Å²) in [6.45, 7) is 2.71. The molecule has 2 heterocycles. The molecule has 3 rings (SSSR count). The van der Waals surface area contributed by atoms with Crippen LogP contribution in [-0.4, -0.2) is 23.2 Å². The Morgan fingerprint density at radius 3 is 2.50 bits per heavy atom. The Morgan fingerprint density at radius 1 is 1.08 bits per heavy atom. The maximum atomic E-state index is 12.9. The van der Waals surface area contributed by atoms with Crippen LogP contribution in [0.5, 0.6) is 0 Å². The summed E-state index contributed by atoms with van der Waals surface area (Å²) in [5.41, 5.74) is 1.83. The number of aromatic nitrogens is 1. The molecule has 6 heteroatoms. The molecule has 0 radical (unpaired) electrons. The van der Waals surface area contributed by atoms with Crippen LogP contribution in [-0.2, 0) is 6.54 Å². The van der Waals surface area contributed by atoms with Gasteiger partial charge in [-0.2, -0.15) is 0 Å². The van der Waals surface area contributed by atoms with Gasteiger partial charge in [0, 0.05) is 19.6 Å². The second kappa shape index (κ2) is 8.06. The zero-order valence-corrected chi connectivity index (χ0v) is 14.3. The molecule has 1 aliphatic heterocycles. The second-order valence-corrected chi connectivity index (χ2v) is 6.30. The highest BCUT2D eigenvalue weighted by Crippen LogP contribution is 2.18. The smallest absolute Gasteiger partial charge is 0.171 e. The Bertz CT molecular complexity index is 666. The number of halogens is 1. The van der Waals surface area contributed by atoms with Gasteiger partial charge in [0.25, 0.3) is 0 Å². The lowest BCUT2D eigenvalue weighted by atomic mass is 10.1. The minimum atomic E-state index is -0.237. The lowest BCUT2D eigenvalue weighted by Gasteiger charge is -2.27. The molecule has 1 aromatic carbocycles. The second-order valence-electron chi connectivity index (χ2n) is 5.89. The number of rotatable bonds is 4. The summed E-state index contributed by atoms with van der Waals surface area (Å²) in [7, 11) is 0. The van der Waals surface area contributed by atoms with E-state index in [-0.39, 0.29) is 5.82 Å².